The number of benzene rings is 1. The lowest BCUT2D eigenvalue weighted by atomic mass is 10.0. The number of hydrogen-bond acceptors (Lipinski definition) is 2. The van der Waals surface area contributed by atoms with Gasteiger partial charge in [0.25, 0.3) is 0 Å². The van der Waals surface area contributed by atoms with Crippen molar-refractivity contribution in [2.75, 3.05) is 6.54 Å². The molecule has 0 fully saturated rings. The van der Waals surface area contributed by atoms with Crippen molar-refractivity contribution in [3.8, 4) is 0 Å². The Morgan fingerprint density at radius 1 is 1.53 bits per heavy atom. The monoisotopic (exact) mass is 247 g/mol. The van der Waals surface area contributed by atoms with E-state index in [-0.39, 0.29) is 0 Å². The smallest absolute Gasteiger partial charge is 0.0292 e. The van der Waals surface area contributed by atoms with Crippen LogP contribution < -0.4 is 5.32 Å². The van der Waals surface area contributed by atoms with E-state index in [4.69, 9.17) is 0 Å². The minimum atomic E-state index is 0.560. The van der Waals surface area contributed by atoms with Crippen LogP contribution in [0.4, 0.5) is 0 Å². The normalized spacial score (nSPS) is 19.9. The first-order valence-electron chi connectivity index (χ1n) is 6.44. The molecule has 92 valence electrons. The van der Waals surface area contributed by atoms with Crippen molar-refractivity contribution in [2.24, 2.45) is 0 Å². The quantitative estimate of drug-likeness (QED) is 0.770. The summed E-state index contributed by atoms with van der Waals surface area (Å²) in [5, 5.41) is 4.32. The first-order chi connectivity index (χ1) is 8.35. The Morgan fingerprint density at radius 2 is 2.35 bits per heavy atom. The molecular formula is C15H21NS. The SMILES string of the molecule is C=CCC(NCCC)C1Cc2ccccc2S1. The van der Waals surface area contributed by atoms with E-state index in [2.05, 4.69) is 43.1 Å². The van der Waals surface area contributed by atoms with Crippen molar-refractivity contribution in [1.82, 2.24) is 5.32 Å². The first kappa shape index (κ1) is 12.7. The molecule has 2 rings (SSSR count). The lowest BCUT2D eigenvalue weighted by molar-refractivity contribution is 0.498. The summed E-state index contributed by atoms with van der Waals surface area (Å²) >= 11 is 2.02. The lowest BCUT2D eigenvalue weighted by Gasteiger charge is -2.22. The highest BCUT2D eigenvalue weighted by Crippen LogP contribution is 2.38. The van der Waals surface area contributed by atoms with Gasteiger partial charge in [-0.25, -0.2) is 0 Å². The summed E-state index contributed by atoms with van der Waals surface area (Å²) in [5.41, 5.74) is 1.51. The van der Waals surface area contributed by atoms with Crippen LogP contribution in [0.1, 0.15) is 25.3 Å². The van der Waals surface area contributed by atoms with Gasteiger partial charge in [0.05, 0.1) is 0 Å². The number of nitrogens with one attached hydrogen (secondary N) is 1. The van der Waals surface area contributed by atoms with E-state index in [9.17, 15) is 0 Å². The Bertz CT molecular complexity index is 350. The minimum absolute atomic E-state index is 0.560. The fourth-order valence-corrected chi connectivity index (χ4v) is 3.73. The molecule has 0 spiro atoms. The van der Waals surface area contributed by atoms with Gasteiger partial charge in [-0.3, -0.25) is 0 Å². The van der Waals surface area contributed by atoms with Gasteiger partial charge in [0.1, 0.15) is 0 Å². The molecule has 0 amide bonds. The van der Waals surface area contributed by atoms with Crippen molar-refractivity contribution in [3.63, 3.8) is 0 Å². The Labute approximate surface area is 109 Å². The average Bonchev–Trinajstić information content (AvgIpc) is 2.78. The summed E-state index contributed by atoms with van der Waals surface area (Å²) < 4.78 is 0. The molecule has 1 aliphatic heterocycles. The van der Waals surface area contributed by atoms with Crippen LogP contribution in [-0.4, -0.2) is 17.8 Å². The molecule has 0 bridgehead atoms. The highest BCUT2D eigenvalue weighted by Gasteiger charge is 2.27. The Kier molecular flexibility index (Phi) is 4.69. The van der Waals surface area contributed by atoms with Gasteiger partial charge in [-0.05, 0) is 37.4 Å². The second kappa shape index (κ2) is 6.27. The molecule has 0 radical (unpaired) electrons. The number of hydrogen-bond donors (Lipinski definition) is 1. The third-order valence-corrected chi connectivity index (χ3v) is 4.65. The van der Waals surface area contributed by atoms with Crippen LogP contribution >= 0.6 is 11.8 Å². The molecule has 17 heavy (non-hydrogen) atoms. The average molecular weight is 247 g/mol. The first-order valence-corrected chi connectivity index (χ1v) is 7.32. The zero-order valence-electron chi connectivity index (χ0n) is 10.5. The summed E-state index contributed by atoms with van der Waals surface area (Å²) in [5.74, 6) is 0. The zero-order chi connectivity index (χ0) is 12.1. The van der Waals surface area contributed by atoms with Crippen molar-refractivity contribution in [3.05, 3.63) is 42.5 Å². The van der Waals surface area contributed by atoms with Crippen LogP contribution in [0, 0.1) is 0 Å². The predicted octanol–water partition coefficient (Wildman–Crippen LogP) is 3.65. The molecule has 1 nitrogen and oxygen atoms in total. The summed E-state index contributed by atoms with van der Waals surface area (Å²) in [6.45, 7) is 7.20. The van der Waals surface area contributed by atoms with Crippen molar-refractivity contribution in [1.29, 1.82) is 0 Å². The predicted molar refractivity (Wildman–Crippen MR) is 76.7 cm³/mol. The van der Waals surface area contributed by atoms with Crippen LogP contribution in [-0.2, 0) is 6.42 Å². The number of thioether (sulfide) groups is 1. The molecule has 2 unspecified atom stereocenters. The molecule has 0 aliphatic carbocycles. The standard InChI is InChI=1S/C15H21NS/c1-3-7-13(16-10-4-2)15-11-12-8-5-6-9-14(12)17-15/h3,5-6,8-9,13,15-16H,1,4,7,10-11H2,2H3. The number of rotatable bonds is 6. The minimum Gasteiger partial charge on any atom is -0.313 e. The molecule has 1 aromatic carbocycles. The maximum absolute atomic E-state index is 3.88. The van der Waals surface area contributed by atoms with Crippen LogP contribution in [0.3, 0.4) is 0 Å². The van der Waals surface area contributed by atoms with Crippen LogP contribution in [0.2, 0.25) is 0 Å². The molecule has 1 N–H and O–H groups in total. The maximum Gasteiger partial charge on any atom is 0.0292 e. The molecule has 2 atom stereocenters. The molecular weight excluding hydrogens is 226 g/mol. The fourth-order valence-electron chi connectivity index (χ4n) is 2.31. The molecule has 0 aromatic heterocycles. The second-order valence-corrected chi connectivity index (χ2v) is 5.83. The van der Waals surface area contributed by atoms with Crippen LogP contribution in [0.25, 0.3) is 0 Å². The van der Waals surface area contributed by atoms with Gasteiger partial charge in [0.15, 0.2) is 0 Å². The van der Waals surface area contributed by atoms with Crippen molar-refractivity contribution < 1.29 is 0 Å². The van der Waals surface area contributed by atoms with Crippen LogP contribution in [0.5, 0.6) is 0 Å². The summed E-state index contributed by atoms with van der Waals surface area (Å²) in [6.07, 6.45) is 5.48. The Balaban J connectivity index is 2.00. The van der Waals surface area contributed by atoms with E-state index >= 15 is 0 Å². The van der Waals surface area contributed by atoms with E-state index in [1.165, 1.54) is 23.3 Å². The lowest BCUT2D eigenvalue weighted by Crippen LogP contribution is -2.38. The van der Waals surface area contributed by atoms with Gasteiger partial charge in [0.2, 0.25) is 0 Å². The second-order valence-electron chi connectivity index (χ2n) is 4.55. The zero-order valence-corrected chi connectivity index (χ0v) is 11.3. The van der Waals surface area contributed by atoms with Gasteiger partial charge >= 0.3 is 0 Å². The molecule has 1 aliphatic rings. The van der Waals surface area contributed by atoms with E-state index in [0.29, 0.717) is 11.3 Å². The molecule has 0 saturated heterocycles. The Morgan fingerprint density at radius 3 is 3.06 bits per heavy atom. The molecule has 0 saturated carbocycles. The van der Waals surface area contributed by atoms with E-state index < -0.39 is 0 Å². The highest BCUT2D eigenvalue weighted by molar-refractivity contribution is 8.00. The van der Waals surface area contributed by atoms with E-state index in [1.54, 1.807) is 0 Å². The molecule has 1 aromatic rings. The summed E-state index contributed by atoms with van der Waals surface area (Å²) in [7, 11) is 0. The van der Waals surface area contributed by atoms with Gasteiger partial charge < -0.3 is 5.32 Å². The molecule has 2 heteroatoms. The van der Waals surface area contributed by atoms with Crippen LogP contribution in [0.15, 0.2) is 41.8 Å². The fraction of sp³-hybridized carbons (Fsp3) is 0.467. The topological polar surface area (TPSA) is 12.0 Å². The third-order valence-electron chi connectivity index (χ3n) is 3.20. The Hall–Kier alpha value is -0.730. The van der Waals surface area contributed by atoms with E-state index in [1.807, 2.05) is 17.8 Å². The van der Waals surface area contributed by atoms with Gasteiger partial charge in [-0.2, -0.15) is 0 Å². The van der Waals surface area contributed by atoms with Crippen molar-refractivity contribution >= 4 is 11.8 Å². The van der Waals surface area contributed by atoms with Gasteiger partial charge in [0, 0.05) is 16.2 Å². The summed E-state index contributed by atoms with van der Waals surface area (Å²) in [6, 6.07) is 9.34. The summed E-state index contributed by atoms with van der Waals surface area (Å²) in [4.78, 5) is 1.46. The highest BCUT2D eigenvalue weighted by atomic mass is 32.2. The third kappa shape index (κ3) is 3.14. The van der Waals surface area contributed by atoms with Gasteiger partial charge in [-0.15, -0.1) is 18.3 Å². The van der Waals surface area contributed by atoms with Crippen molar-refractivity contribution in [2.45, 2.75) is 42.4 Å². The van der Waals surface area contributed by atoms with E-state index in [0.717, 1.165) is 13.0 Å². The van der Waals surface area contributed by atoms with Gasteiger partial charge in [-0.1, -0.05) is 31.2 Å². The maximum atomic E-state index is 3.88. The molecule has 1 heterocycles. The largest absolute Gasteiger partial charge is 0.313 e. The number of fused-ring (bicyclic) bond motifs is 1.